The fourth-order valence-corrected chi connectivity index (χ4v) is 4.09. The Morgan fingerprint density at radius 1 is 1.14 bits per heavy atom. The van der Waals surface area contributed by atoms with E-state index in [0.717, 1.165) is 0 Å². The highest BCUT2D eigenvalue weighted by Gasteiger charge is 2.28. The molecule has 2 N–H and O–H groups in total. The highest BCUT2D eigenvalue weighted by Crippen LogP contribution is 2.09. The molecule has 1 aromatic heterocycles. The predicted molar refractivity (Wildman–Crippen MR) is 103 cm³/mol. The number of Topliss-reactive ketones (excluding diaryl/α,β-unsaturated/α-hetero) is 1. The molecule has 0 saturated carbocycles. The lowest BCUT2D eigenvalue weighted by Gasteiger charge is -2.19. The molecule has 8 nitrogen and oxygen atoms in total. The molecule has 2 atom stereocenters. The molecule has 2 rings (SSSR count). The predicted octanol–water partition coefficient (Wildman–Crippen LogP) is 0.920. The van der Waals surface area contributed by atoms with Gasteiger partial charge in [-0.2, -0.15) is 5.10 Å². The first-order valence-electron chi connectivity index (χ1n) is 8.87. The zero-order chi connectivity index (χ0) is 20.6. The molecule has 1 amide bonds. The van der Waals surface area contributed by atoms with Crippen LogP contribution >= 0.6 is 0 Å². The summed E-state index contributed by atoms with van der Waals surface area (Å²) in [5.74, 6) is -2.36. The zero-order valence-electron chi connectivity index (χ0n) is 15.5. The van der Waals surface area contributed by atoms with Gasteiger partial charge in [-0.15, -0.1) is 5.10 Å². The number of aliphatic hydroxyl groups is 1. The SMILES string of the molecule is CCC[C@H](NC(=O)[C@@H](O)CS(=O)(=O)Cc1ccccc1)C(=O)c1cccnn1. The number of rotatable bonds is 10. The second-order valence-corrected chi connectivity index (χ2v) is 8.49. The van der Waals surface area contributed by atoms with Crippen LogP contribution in [0, 0.1) is 0 Å². The van der Waals surface area contributed by atoms with Gasteiger partial charge in [-0.05, 0) is 24.1 Å². The van der Waals surface area contributed by atoms with Gasteiger partial charge in [0.1, 0.15) is 11.8 Å². The quantitative estimate of drug-likeness (QED) is 0.563. The molecule has 0 aliphatic rings. The fourth-order valence-electron chi connectivity index (χ4n) is 2.64. The van der Waals surface area contributed by atoms with Crippen molar-refractivity contribution in [3.63, 3.8) is 0 Å². The summed E-state index contributed by atoms with van der Waals surface area (Å²) in [4.78, 5) is 24.8. The number of ketones is 1. The Bertz CT molecular complexity index is 888. The number of hydrogen-bond acceptors (Lipinski definition) is 7. The van der Waals surface area contributed by atoms with Crippen molar-refractivity contribution in [1.29, 1.82) is 0 Å². The van der Waals surface area contributed by atoms with E-state index < -0.39 is 39.4 Å². The molecule has 9 heteroatoms. The van der Waals surface area contributed by atoms with Gasteiger partial charge in [0.25, 0.3) is 0 Å². The van der Waals surface area contributed by atoms with Crippen LogP contribution in [0.25, 0.3) is 0 Å². The number of hydrogen-bond donors (Lipinski definition) is 2. The summed E-state index contributed by atoms with van der Waals surface area (Å²) in [6, 6.07) is 10.6. The van der Waals surface area contributed by atoms with E-state index in [1.165, 1.54) is 12.3 Å². The number of amides is 1. The second kappa shape index (κ2) is 10.0. The van der Waals surface area contributed by atoms with Crippen LogP contribution in [-0.2, 0) is 20.4 Å². The van der Waals surface area contributed by atoms with Crippen LogP contribution in [0.1, 0.15) is 35.8 Å². The number of carbonyl (C=O) groups is 2. The van der Waals surface area contributed by atoms with Crippen molar-refractivity contribution in [2.45, 2.75) is 37.7 Å². The zero-order valence-corrected chi connectivity index (χ0v) is 16.3. The minimum Gasteiger partial charge on any atom is -0.382 e. The van der Waals surface area contributed by atoms with Gasteiger partial charge in [0, 0.05) is 6.20 Å². The van der Waals surface area contributed by atoms with E-state index in [2.05, 4.69) is 15.5 Å². The third-order valence-corrected chi connectivity index (χ3v) is 5.58. The number of nitrogens with zero attached hydrogens (tertiary/aromatic N) is 2. The lowest BCUT2D eigenvalue weighted by Crippen LogP contribution is -2.47. The first kappa shape index (κ1) is 21.6. The molecule has 2 aromatic rings. The maximum atomic E-state index is 12.5. The van der Waals surface area contributed by atoms with Crippen molar-refractivity contribution in [3.8, 4) is 0 Å². The van der Waals surface area contributed by atoms with E-state index in [-0.39, 0.29) is 11.4 Å². The Hall–Kier alpha value is -2.65. The Balaban J connectivity index is 2.01. The molecule has 0 spiro atoms. The maximum absolute atomic E-state index is 12.5. The average Bonchev–Trinajstić information content (AvgIpc) is 2.67. The van der Waals surface area contributed by atoms with Crippen LogP contribution in [0.5, 0.6) is 0 Å². The minimum absolute atomic E-state index is 0.0902. The Kier molecular flexibility index (Phi) is 7.77. The summed E-state index contributed by atoms with van der Waals surface area (Å²) >= 11 is 0. The number of aromatic nitrogens is 2. The second-order valence-electron chi connectivity index (χ2n) is 6.38. The summed E-state index contributed by atoms with van der Waals surface area (Å²) in [6.07, 6.45) is 0.568. The van der Waals surface area contributed by atoms with Crippen molar-refractivity contribution < 1.29 is 23.1 Å². The number of benzene rings is 1. The molecule has 0 fully saturated rings. The van der Waals surface area contributed by atoms with Crippen molar-refractivity contribution in [3.05, 3.63) is 59.9 Å². The maximum Gasteiger partial charge on any atom is 0.250 e. The topological polar surface area (TPSA) is 126 Å². The molecule has 0 unspecified atom stereocenters. The molecule has 0 saturated heterocycles. The molecule has 1 aromatic carbocycles. The lowest BCUT2D eigenvalue weighted by atomic mass is 10.0. The fraction of sp³-hybridized carbons (Fsp3) is 0.368. The number of nitrogens with one attached hydrogen (secondary N) is 1. The highest BCUT2D eigenvalue weighted by atomic mass is 32.2. The van der Waals surface area contributed by atoms with Gasteiger partial charge >= 0.3 is 0 Å². The molecule has 1 heterocycles. The Labute approximate surface area is 163 Å². The first-order chi connectivity index (χ1) is 13.3. The van der Waals surface area contributed by atoms with E-state index >= 15 is 0 Å². The average molecular weight is 405 g/mol. The molecule has 0 aliphatic carbocycles. The molecule has 150 valence electrons. The number of carbonyl (C=O) groups excluding carboxylic acids is 2. The van der Waals surface area contributed by atoms with Crippen LogP contribution in [0.3, 0.4) is 0 Å². The molecule has 28 heavy (non-hydrogen) atoms. The lowest BCUT2D eigenvalue weighted by molar-refractivity contribution is -0.128. The number of sulfone groups is 1. The summed E-state index contributed by atoms with van der Waals surface area (Å²) in [6.45, 7) is 1.84. The number of aliphatic hydroxyl groups excluding tert-OH is 1. The van der Waals surface area contributed by atoms with Gasteiger partial charge in [-0.25, -0.2) is 8.42 Å². The first-order valence-corrected chi connectivity index (χ1v) is 10.7. The smallest absolute Gasteiger partial charge is 0.250 e. The molecular formula is C19H23N3O5S. The standard InChI is InChI=1S/C19H23N3O5S/c1-2-7-15(18(24)16-10-6-11-20-22-16)21-19(25)17(23)13-28(26,27)12-14-8-4-3-5-9-14/h3-6,8-11,15,17,23H,2,7,12-13H2,1H3,(H,21,25)/t15-,17-/m0/s1. The van der Waals surface area contributed by atoms with Crippen LogP contribution in [0.4, 0.5) is 0 Å². The monoisotopic (exact) mass is 405 g/mol. The normalized spacial score (nSPS) is 13.5. The molecule has 0 aliphatic heterocycles. The van der Waals surface area contributed by atoms with Gasteiger partial charge in [0.05, 0.1) is 17.5 Å². The Morgan fingerprint density at radius 3 is 2.46 bits per heavy atom. The largest absolute Gasteiger partial charge is 0.382 e. The van der Waals surface area contributed by atoms with E-state index in [1.54, 1.807) is 36.4 Å². The Morgan fingerprint density at radius 2 is 1.86 bits per heavy atom. The van der Waals surface area contributed by atoms with Crippen molar-refractivity contribution in [2.75, 3.05) is 5.75 Å². The van der Waals surface area contributed by atoms with E-state index in [1.807, 2.05) is 6.92 Å². The summed E-state index contributed by atoms with van der Waals surface area (Å²) in [5.41, 5.74) is 0.657. The van der Waals surface area contributed by atoms with Crippen molar-refractivity contribution in [1.82, 2.24) is 15.5 Å². The van der Waals surface area contributed by atoms with Crippen molar-refractivity contribution >= 4 is 21.5 Å². The van der Waals surface area contributed by atoms with E-state index in [0.29, 0.717) is 18.4 Å². The van der Waals surface area contributed by atoms with E-state index in [9.17, 15) is 23.1 Å². The van der Waals surface area contributed by atoms with Crippen LogP contribution in [-0.4, -0.2) is 53.3 Å². The van der Waals surface area contributed by atoms with Crippen LogP contribution in [0.15, 0.2) is 48.7 Å². The van der Waals surface area contributed by atoms with Gasteiger partial charge in [-0.1, -0.05) is 43.7 Å². The third kappa shape index (κ3) is 6.50. The van der Waals surface area contributed by atoms with Gasteiger partial charge in [0.15, 0.2) is 9.84 Å². The van der Waals surface area contributed by atoms with Gasteiger partial charge in [-0.3, -0.25) is 9.59 Å². The molecular weight excluding hydrogens is 382 g/mol. The third-order valence-electron chi connectivity index (χ3n) is 3.98. The van der Waals surface area contributed by atoms with Crippen LogP contribution < -0.4 is 5.32 Å². The van der Waals surface area contributed by atoms with Crippen molar-refractivity contribution in [2.24, 2.45) is 0 Å². The molecule has 0 radical (unpaired) electrons. The van der Waals surface area contributed by atoms with Crippen LogP contribution in [0.2, 0.25) is 0 Å². The van der Waals surface area contributed by atoms with E-state index in [4.69, 9.17) is 0 Å². The van der Waals surface area contributed by atoms with Gasteiger partial charge in [0.2, 0.25) is 11.7 Å². The summed E-state index contributed by atoms with van der Waals surface area (Å²) < 4.78 is 24.5. The summed E-state index contributed by atoms with van der Waals surface area (Å²) in [7, 11) is -3.72. The summed E-state index contributed by atoms with van der Waals surface area (Å²) in [5, 5.41) is 19.9. The van der Waals surface area contributed by atoms with Gasteiger partial charge < -0.3 is 10.4 Å². The minimum atomic E-state index is -3.72. The molecule has 0 bridgehead atoms. The highest BCUT2D eigenvalue weighted by molar-refractivity contribution is 7.90.